The van der Waals surface area contributed by atoms with Crippen LogP contribution in [0.5, 0.6) is 11.5 Å². The highest BCUT2D eigenvalue weighted by Crippen LogP contribution is 2.39. The molecule has 31 heavy (non-hydrogen) atoms. The first-order valence-electron chi connectivity index (χ1n) is 11.4. The fraction of sp³-hybridized carbons (Fsp3) is 0.556. The van der Waals surface area contributed by atoms with Crippen LogP contribution in [0.15, 0.2) is 47.1 Å². The molecular weight excluding hydrogens is 388 g/mol. The van der Waals surface area contributed by atoms with Crippen molar-refractivity contribution in [2.24, 2.45) is 0 Å². The Morgan fingerprint density at radius 3 is 2.52 bits per heavy atom. The molecule has 1 heterocycles. The minimum absolute atomic E-state index is 0.187. The highest BCUT2D eigenvalue weighted by atomic mass is 16.5. The predicted octanol–water partition coefficient (Wildman–Crippen LogP) is 5.93. The van der Waals surface area contributed by atoms with Gasteiger partial charge in [0.25, 0.3) is 0 Å². The average molecular weight is 429 g/mol. The van der Waals surface area contributed by atoms with E-state index in [1.807, 2.05) is 39.8 Å². The zero-order valence-electron chi connectivity index (χ0n) is 20.0. The smallest absolute Gasteiger partial charge is 0.126 e. The second-order valence-electron chi connectivity index (χ2n) is 9.56. The summed E-state index contributed by atoms with van der Waals surface area (Å²) in [5, 5.41) is 30.0. The number of allylic oxidation sites excluding steroid dienone is 4. The van der Waals surface area contributed by atoms with Crippen LogP contribution in [0.3, 0.4) is 0 Å². The molecule has 172 valence electrons. The summed E-state index contributed by atoms with van der Waals surface area (Å²) in [5.41, 5.74) is 5.02. The Hall–Kier alpha value is -2.04. The molecule has 0 saturated carbocycles. The van der Waals surface area contributed by atoms with Gasteiger partial charge in [-0.2, -0.15) is 0 Å². The van der Waals surface area contributed by atoms with E-state index in [9.17, 15) is 15.3 Å². The van der Waals surface area contributed by atoms with E-state index in [0.29, 0.717) is 5.75 Å². The van der Waals surface area contributed by atoms with Crippen molar-refractivity contribution >= 4 is 0 Å². The summed E-state index contributed by atoms with van der Waals surface area (Å²) in [6.45, 7) is 12.0. The summed E-state index contributed by atoms with van der Waals surface area (Å²) in [7, 11) is 0. The number of hydrogen-bond donors (Lipinski definition) is 3. The van der Waals surface area contributed by atoms with Gasteiger partial charge in [0.15, 0.2) is 0 Å². The molecule has 0 radical (unpaired) electrons. The SMILES string of the molecule is CC(C)=C[C@@H](O)[C@@H](O)/C(C)=C/CC/C(C)=C/CC[C@@]1(C)CCc2cc(O)cc(C)c2O1. The van der Waals surface area contributed by atoms with Gasteiger partial charge in [-0.1, -0.05) is 29.4 Å². The first-order valence-corrected chi connectivity index (χ1v) is 11.4. The number of aryl methyl sites for hydroxylation is 2. The summed E-state index contributed by atoms with van der Waals surface area (Å²) in [5.74, 6) is 1.24. The van der Waals surface area contributed by atoms with Gasteiger partial charge in [-0.05, 0) is 109 Å². The largest absolute Gasteiger partial charge is 0.508 e. The Balaban J connectivity index is 1.84. The Kier molecular flexibility index (Phi) is 8.96. The molecule has 4 nitrogen and oxygen atoms in total. The van der Waals surface area contributed by atoms with Crippen molar-refractivity contribution in [1.82, 2.24) is 0 Å². The van der Waals surface area contributed by atoms with E-state index < -0.39 is 12.2 Å². The van der Waals surface area contributed by atoms with Crippen molar-refractivity contribution in [1.29, 1.82) is 0 Å². The first-order chi connectivity index (χ1) is 14.5. The molecule has 1 aliphatic heterocycles. The van der Waals surface area contributed by atoms with E-state index in [-0.39, 0.29) is 5.60 Å². The summed E-state index contributed by atoms with van der Waals surface area (Å²) >= 11 is 0. The number of rotatable bonds is 9. The zero-order chi connectivity index (χ0) is 23.2. The van der Waals surface area contributed by atoms with Crippen molar-refractivity contribution in [3.63, 3.8) is 0 Å². The quantitative estimate of drug-likeness (QED) is 0.427. The molecule has 3 atom stereocenters. The van der Waals surface area contributed by atoms with E-state index in [1.54, 1.807) is 12.1 Å². The van der Waals surface area contributed by atoms with E-state index in [1.165, 1.54) is 5.57 Å². The highest BCUT2D eigenvalue weighted by molar-refractivity contribution is 5.47. The fourth-order valence-electron chi connectivity index (χ4n) is 4.11. The molecule has 0 saturated heterocycles. The molecule has 0 aromatic heterocycles. The van der Waals surface area contributed by atoms with Crippen LogP contribution >= 0.6 is 0 Å². The van der Waals surface area contributed by atoms with Gasteiger partial charge in [0, 0.05) is 0 Å². The summed E-state index contributed by atoms with van der Waals surface area (Å²) < 4.78 is 6.37. The monoisotopic (exact) mass is 428 g/mol. The molecule has 0 aliphatic carbocycles. The zero-order valence-corrected chi connectivity index (χ0v) is 20.0. The van der Waals surface area contributed by atoms with Gasteiger partial charge in [-0.25, -0.2) is 0 Å². The number of aromatic hydroxyl groups is 1. The molecule has 4 heteroatoms. The van der Waals surface area contributed by atoms with Crippen molar-refractivity contribution < 1.29 is 20.1 Å². The van der Waals surface area contributed by atoms with Crippen molar-refractivity contribution in [2.45, 2.75) is 97.9 Å². The molecular formula is C27H40O4. The lowest BCUT2D eigenvalue weighted by Gasteiger charge is -2.36. The fourth-order valence-corrected chi connectivity index (χ4v) is 4.11. The lowest BCUT2D eigenvalue weighted by atomic mass is 9.87. The average Bonchev–Trinajstić information content (AvgIpc) is 2.67. The maximum absolute atomic E-state index is 10.2. The topological polar surface area (TPSA) is 69.9 Å². The minimum Gasteiger partial charge on any atom is -0.508 e. The molecule has 2 rings (SSSR count). The van der Waals surface area contributed by atoms with Crippen molar-refractivity contribution in [2.75, 3.05) is 0 Å². The second-order valence-corrected chi connectivity index (χ2v) is 9.56. The Labute approximate surface area is 188 Å². The molecule has 1 aromatic carbocycles. The minimum atomic E-state index is -0.855. The highest BCUT2D eigenvalue weighted by Gasteiger charge is 2.32. The molecule has 1 aromatic rings. The lowest BCUT2D eigenvalue weighted by molar-refractivity contribution is 0.0561. The number of ether oxygens (including phenoxy) is 1. The Bertz CT molecular complexity index is 845. The van der Waals surface area contributed by atoms with Crippen LogP contribution in [0.25, 0.3) is 0 Å². The van der Waals surface area contributed by atoms with Gasteiger partial charge in [0.2, 0.25) is 0 Å². The van der Waals surface area contributed by atoms with Crippen LogP contribution < -0.4 is 4.74 Å². The number of phenols is 1. The van der Waals surface area contributed by atoms with Gasteiger partial charge in [0.05, 0.1) is 0 Å². The predicted molar refractivity (Wildman–Crippen MR) is 128 cm³/mol. The van der Waals surface area contributed by atoms with Gasteiger partial charge in [-0.3, -0.25) is 0 Å². The number of hydrogen-bond acceptors (Lipinski definition) is 4. The van der Waals surface area contributed by atoms with Gasteiger partial charge < -0.3 is 20.1 Å². The molecule has 0 bridgehead atoms. The maximum Gasteiger partial charge on any atom is 0.126 e. The van der Waals surface area contributed by atoms with Gasteiger partial charge in [0.1, 0.15) is 29.3 Å². The van der Waals surface area contributed by atoms with Crippen LogP contribution in [0, 0.1) is 6.92 Å². The number of benzene rings is 1. The van der Waals surface area contributed by atoms with Crippen LogP contribution in [0.2, 0.25) is 0 Å². The third kappa shape index (κ3) is 7.55. The normalized spacial score (nSPS) is 21.2. The van der Waals surface area contributed by atoms with E-state index in [4.69, 9.17) is 4.74 Å². The Morgan fingerprint density at radius 1 is 1.13 bits per heavy atom. The van der Waals surface area contributed by atoms with Gasteiger partial charge in [-0.15, -0.1) is 0 Å². The van der Waals surface area contributed by atoms with Crippen molar-refractivity contribution in [3.05, 3.63) is 58.2 Å². The molecule has 0 unspecified atom stereocenters. The van der Waals surface area contributed by atoms with Crippen molar-refractivity contribution in [3.8, 4) is 11.5 Å². The standard InChI is InChI=1S/C27H40O4/c1-18(2)15-24(29)25(30)20(4)11-7-9-19(3)10-8-13-27(6)14-12-22-17-23(28)16-21(5)26(22)31-27/h10-11,15-17,24-25,28-30H,7-9,12-14H2,1-6H3/b19-10+,20-11+/t24-,25+,27+/m1/s1. The van der Waals surface area contributed by atoms with Crippen LogP contribution in [-0.4, -0.2) is 33.1 Å². The molecule has 3 N–H and O–H groups in total. The third-order valence-corrected chi connectivity index (χ3v) is 6.07. The number of aliphatic hydroxyl groups is 2. The van der Waals surface area contributed by atoms with E-state index >= 15 is 0 Å². The van der Waals surface area contributed by atoms with Crippen LogP contribution in [0.1, 0.15) is 77.8 Å². The maximum atomic E-state index is 10.2. The summed E-state index contributed by atoms with van der Waals surface area (Å²) in [4.78, 5) is 0. The number of phenolic OH excluding ortho intramolecular Hbond substituents is 1. The first kappa shape index (κ1) is 25.2. The third-order valence-electron chi connectivity index (χ3n) is 6.07. The molecule has 1 aliphatic rings. The number of aliphatic hydroxyl groups excluding tert-OH is 2. The Morgan fingerprint density at radius 2 is 1.84 bits per heavy atom. The molecule has 0 amide bonds. The number of fused-ring (bicyclic) bond motifs is 1. The van der Waals surface area contributed by atoms with Gasteiger partial charge >= 0.3 is 0 Å². The van der Waals surface area contributed by atoms with Crippen LogP contribution in [-0.2, 0) is 6.42 Å². The second kappa shape index (κ2) is 11.0. The molecule has 0 fully saturated rings. The van der Waals surface area contributed by atoms with E-state index in [0.717, 1.165) is 66.5 Å². The van der Waals surface area contributed by atoms with Crippen LogP contribution in [0.4, 0.5) is 0 Å². The summed E-state index contributed by atoms with van der Waals surface area (Å²) in [6, 6.07) is 3.58. The molecule has 0 spiro atoms. The lowest BCUT2D eigenvalue weighted by Crippen LogP contribution is -2.36. The van der Waals surface area contributed by atoms with E-state index in [2.05, 4.69) is 19.9 Å². The summed E-state index contributed by atoms with van der Waals surface area (Å²) in [6.07, 6.45) is 9.84.